The Bertz CT molecular complexity index is 669. The van der Waals surface area contributed by atoms with Gasteiger partial charge in [-0.3, -0.25) is 9.89 Å². The summed E-state index contributed by atoms with van der Waals surface area (Å²) in [5, 5.41) is 6.63. The third kappa shape index (κ3) is 6.26. The van der Waals surface area contributed by atoms with Crippen LogP contribution in [0, 0.1) is 0 Å². The highest BCUT2D eigenvalue weighted by molar-refractivity contribution is 14.0. The normalized spacial score (nSPS) is 15.3. The van der Waals surface area contributed by atoms with Crippen molar-refractivity contribution in [3.8, 4) is 11.3 Å². The zero-order chi connectivity index (χ0) is 17.3. The molecule has 142 valence electrons. The summed E-state index contributed by atoms with van der Waals surface area (Å²) in [7, 11) is 1.78. The highest BCUT2D eigenvalue weighted by atomic mass is 127. The van der Waals surface area contributed by atoms with E-state index >= 15 is 0 Å². The lowest BCUT2D eigenvalue weighted by Gasteiger charge is -2.26. The number of rotatable bonds is 6. The molecule has 3 N–H and O–H groups in total. The lowest BCUT2D eigenvalue weighted by Crippen LogP contribution is -2.44. The number of imidazole rings is 1. The number of hydrogen-bond donors (Lipinski definition) is 3. The molecular formula is C18H27IN6O. The fraction of sp³-hybridized carbons (Fsp3) is 0.444. The highest BCUT2D eigenvalue weighted by Crippen LogP contribution is 2.15. The number of H-pyrrole nitrogens is 1. The Morgan fingerprint density at radius 3 is 2.73 bits per heavy atom. The third-order valence-corrected chi connectivity index (χ3v) is 4.18. The zero-order valence-corrected chi connectivity index (χ0v) is 17.4. The third-order valence-electron chi connectivity index (χ3n) is 4.18. The molecule has 26 heavy (non-hydrogen) atoms. The molecule has 1 fully saturated rings. The van der Waals surface area contributed by atoms with Gasteiger partial charge in [0, 0.05) is 33.2 Å². The topological polar surface area (TPSA) is 77.6 Å². The van der Waals surface area contributed by atoms with E-state index in [1.807, 2.05) is 24.4 Å². The molecule has 0 radical (unpaired) electrons. The van der Waals surface area contributed by atoms with E-state index in [4.69, 9.17) is 4.74 Å². The monoisotopic (exact) mass is 470 g/mol. The van der Waals surface area contributed by atoms with Crippen LogP contribution in [0.3, 0.4) is 0 Å². The minimum Gasteiger partial charge on any atom is -0.379 e. The van der Waals surface area contributed by atoms with Crippen molar-refractivity contribution >= 4 is 29.9 Å². The molecule has 1 aromatic heterocycles. The van der Waals surface area contributed by atoms with Crippen LogP contribution >= 0.6 is 24.0 Å². The molecule has 0 amide bonds. The predicted octanol–water partition coefficient (Wildman–Crippen LogP) is 1.69. The Morgan fingerprint density at radius 2 is 2.00 bits per heavy atom. The maximum Gasteiger partial charge on any atom is 0.191 e. The lowest BCUT2D eigenvalue weighted by atomic mass is 10.2. The molecule has 1 saturated heterocycles. The minimum absolute atomic E-state index is 0. The largest absolute Gasteiger partial charge is 0.379 e. The van der Waals surface area contributed by atoms with Gasteiger partial charge >= 0.3 is 0 Å². The molecule has 0 aliphatic carbocycles. The Kier molecular flexibility index (Phi) is 8.86. The Hall–Kier alpha value is -1.65. The Morgan fingerprint density at radius 1 is 1.23 bits per heavy atom. The highest BCUT2D eigenvalue weighted by Gasteiger charge is 2.10. The van der Waals surface area contributed by atoms with Crippen molar-refractivity contribution in [2.45, 2.75) is 6.54 Å². The zero-order valence-electron chi connectivity index (χ0n) is 15.1. The minimum atomic E-state index is 0. The number of ether oxygens (including phenoxy) is 1. The fourth-order valence-electron chi connectivity index (χ4n) is 2.76. The number of aromatic nitrogens is 2. The molecule has 0 unspecified atom stereocenters. The van der Waals surface area contributed by atoms with Gasteiger partial charge in [-0.15, -0.1) is 24.0 Å². The van der Waals surface area contributed by atoms with Crippen molar-refractivity contribution in [2.75, 3.05) is 46.4 Å². The van der Waals surface area contributed by atoms with Gasteiger partial charge in [0.2, 0.25) is 0 Å². The lowest BCUT2D eigenvalue weighted by molar-refractivity contribution is 0.0389. The number of morpholine rings is 1. The van der Waals surface area contributed by atoms with Crippen LogP contribution < -0.4 is 10.6 Å². The van der Waals surface area contributed by atoms with E-state index in [-0.39, 0.29) is 24.0 Å². The van der Waals surface area contributed by atoms with Crippen LogP contribution in [0.15, 0.2) is 41.5 Å². The van der Waals surface area contributed by atoms with Crippen LogP contribution in [0.1, 0.15) is 5.82 Å². The van der Waals surface area contributed by atoms with Gasteiger partial charge in [0.05, 0.1) is 31.6 Å². The summed E-state index contributed by atoms with van der Waals surface area (Å²) in [6.07, 6.45) is 1.86. The molecule has 2 heterocycles. The molecule has 0 spiro atoms. The van der Waals surface area contributed by atoms with Gasteiger partial charge < -0.3 is 20.4 Å². The van der Waals surface area contributed by atoms with Gasteiger partial charge in [0.15, 0.2) is 5.96 Å². The molecule has 1 aliphatic heterocycles. The van der Waals surface area contributed by atoms with Crippen LogP contribution in [0.25, 0.3) is 11.3 Å². The summed E-state index contributed by atoms with van der Waals surface area (Å²) in [4.78, 5) is 14.4. The van der Waals surface area contributed by atoms with E-state index in [1.54, 1.807) is 7.05 Å². The van der Waals surface area contributed by atoms with Crippen LogP contribution in [0.5, 0.6) is 0 Å². The Balaban J connectivity index is 0.00000243. The molecule has 0 saturated carbocycles. The molecule has 0 bridgehead atoms. The Labute approximate surface area is 171 Å². The number of nitrogens with zero attached hydrogens (tertiary/aromatic N) is 3. The molecule has 3 rings (SSSR count). The van der Waals surface area contributed by atoms with Crippen LogP contribution in [-0.4, -0.2) is 67.3 Å². The number of aromatic amines is 1. The van der Waals surface area contributed by atoms with E-state index in [1.165, 1.54) is 0 Å². The van der Waals surface area contributed by atoms with E-state index in [0.29, 0.717) is 6.54 Å². The average Bonchev–Trinajstić information content (AvgIpc) is 3.15. The first-order valence-electron chi connectivity index (χ1n) is 8.69. The van der Waals surface area contributed by atoms with Crippen molar-refractivity contribution in [3.63, 3.8) is 0 Å². The average molecular weight is 470 g/mol. The summed E-state index contributed by atoms with van der Waals surface area (Å²) in [5.41, 5.74) is 2.15. The number of halogens is 1. The molecule has 8 heteroatoms. The molecule has 0 atom stereocenters. The fourth-order valence-corrected chi connectivity index (χ4v) is 2.76. The number of guanidine groups is 1. The van der Waals surface area contributed by atoms with Crippen molar-refractivity contribution in [2.24, 2.45) is 4.99 Å². The standard InChI is InChI=1S/C18H26N6O.HI/c1-19-18(20-7-8-24-9-11-25-12-10-24)22-14-17-21-13-16(23-17)15-5-3-2-4-6-15;/h2-6,13H,7-12,14H2,1H3,(H,21,23)(H2,19,20,22);1H. The second-order valence-corrected chi connectivity index (χ2v) is 5.92. The van der Waals surface area contributed by atoms with Gasteiger partial charge in [-0.25, -0.2) is 4.98 Å². The number of aliphatic imine (C=N–C) groups is 1. The number of nitrogens with one attached hydrogen (secondary N) is 3. The summed E-state index contributed by atoms with van der Waals surface area (Å²) in [6, 6.07) is 10.2. The van der Waals surface area contributed by atoms with Crippen molar-refractivity contribution in [1.82, 2.24) is 25.5 Å². The van der Waals surface area contributed by atoms with E-state index < -0.39 is 0 Å². The maximum atomic E-state index is 5.36. The second-order valence-electron chi connectivity index (χ2n) is 5.92. The smallest absolute Gasteiger partial charge is 0.191 e. The van der Waals surface area contributed by atoms with Crippen molar-refractivity contribution in [3.05, 3.63) is 42.4 Å². The van der Waals surface area contributed by atoms with E-state index in [2.05, 4.69) is 42.6 Å². The van der Waals surface area contributed by atoms with Crippen molar-refractivity contribution in [1.29, 1.82) is 0 Å². The first-order chi connectivity index (χ1) is 12.3. The van der Waals surface area contributed by atoms with Crippen LogP contribution in [-0.2, 0) is 11.3 Å². The molecule has 1 aromatic carbocycles. The quantitative estimate of drug-likeness (QED) is 0.341. The predicted molar refractivity (Wildman–Crippen MR) is 115 cm³/mol. The molecule has 7 nitrogen and oxygen atoms in total. The van der Waals surface area contributed by atoms with Gasteiger partial charge in [0.1, 0.15) is 5.82 Å². The summed E-state index contributed by atoms with van der Waals surface area (Å²) < 4.78 is 5.36. The first kappa shape index (κ1) is 20.7. The summed E-state index contributed by atoms with van der Waals surface area (Å²) >= 11 is 0. The SMILES string of the molecule is CN=C(NCCN1CCOCC1)NCc1ncc(-c2ccccc2)[nH]1.I. The van der Waals surface area contributed by atoms with Crippen molar-refractivity contribution < 1.29 is 4.74 Å². The van der Waals surface area contributed by atoms with E-state index in [0.717, 1.165) is 62.4 Å². The maximum absolute atomic E-state index is 5.36. The summed E-state index contributed by atoms with van der Waals surface area (Å²) in [6.45, 7) is 6.11. The van der Waals surface area contributed by atoms with Crippen LogP contribution in [0.4, 0.5) is 0 Å². The van der Waals surface area contributed by atoms with Gasteiger partial charge in [-0.1, -0.05) is 30.3 Å². The molecule has 2 aromatic rings. The number of hydrogen-bond acceptors (Lipinski definition) is 4. The summed E-state index contributed by atoms with van der Waals surface area (Å²) in [5.74, 6) is 1.67. The first-order valence-corrected chi connectivity index (χ1v) is 8.69. The second kappa shape index (κ2) is 11.1. The van der Waals surface area contributed by atoms with Crippen LogP contribution in [0.2, 0.25) is 0 Å². The molecular weight excluding hydrogens is 443 g/mol. The van der Waals surface area contributed by atoms with Gasteiger partial charge in [0.25, 0.3) is 0 Å². The number of benzene rings is 1. The van der Waals surface area contributed by atoms with Gasteiger partial charge in [-0.05, 0) is 5.56 Å². The molecule has 1 aliphatic rings. The van der Waals surface area contributed by atoms with E-state index in [9.17, 15) is 0 Å². The van der Waals surface area contributed by atoms with Gasteiger partial charge in [-0.2, -0.15) is 0 Å².